The first-order valence-electron chi connectivity index (χ1n) is 8.49. The van der Waals surface area contributed by atoms with E-state index in [0.29, 0.717) is 12.8 Å². The predicted octanol–water partition coefficient (Wildman–Crippen LogP) is 3.83. The van der Waals surface area contributed by atoms with E-state index in [-0.39, 0.29) is 6.42 Å². The second kappa shape index (κ2) is 14.8. The van der Waals surface area contributed by atoms with E-state index in [1.165, 1.54) is 12.8 Å². The smallest absolute Gasteiger partial charge is 0.303 e. The Bertz CT molecular complexity index is 323. The van der Waals surface area contributed by atoms with E-state index in [1.807, 2.05) is 6.08 Å². The third-order valence-electron chi connectivity index (χ3n) is 3.48. The van der Waals surface area contributed by atoms with Crippen LogP contribution in [0.3, 0.4) is 0 Å². The molecule has 0 spiro atoms. The van der Waals surface area contributed by atoms with Crippen LogP contribution in [-0.2, 0) is 4.79 Å². The minimum Gasteiger partial charge on any atom is -0.481 e. The van der Waals surface area contributed by atoms with Gasteiger partial charge >= 0.3 is 5.97 Å². The van der Waals surface area contributed by atoms with Gasteiger partial charge in [-0.1, -0.05) is 63.3 Å². The highest BCUT2D eigenvalue weighted by Crippen LogP contribution is 2.09. The van der Waals surface area contributed by atoms with Crippen molar-refractivity contribution in [3.8, 4) is 0 Å². The molecule has 0 radical (unpaired) electrons. The van der Waals surface area contributed by atoms with Gasteiger partial charge < -0.3 is 15.3 Å². The van der Waals surface area contributed by atoms with Gasteiger partial charge in [0.25, 0.3) is 0 Å². The molecule has 0 amide bonds. The van der Waals surface area contributed by atoms with Gasteiger partial charge in [-0.25, -0.2) is 0 Å². The molecule has 0 saturated heterocycles. The van der Waals surface area contributed by atoms with Crippen molar-refractivity contribution < 1.29 is 20.1 Å². The monoisotopic (exact) mass is 312 g/mol. The fourth-order valence-corrected chi connectivity index (χ4v) is 2.13. The van der Waals surface area contributed by atoms with E-state index in [9.17, 15) is 15.0 Å². The summed E-state index contributed by atoms with van der Waals surface area (Å²) in [6.07, 6.45) is 14.6. The van der Waals surface area contributed by atoms with Gasteiger partial charge in [0.2, 0.25) is 0 Å². The zero-order valence-electron chi connectivity index (χ0n) is 13.8. The minimum absolute atomic E-state index is 0.221. The van der Waals surface area contributed by atoms with Crippen LogP contribution in [0.15, 0.2) is 24.3 Å². The molecular formula is C18H32O4. The van der Waals surface area contributed by atoms with Gasteiger partial charge in [-0.15, -0.1) is 0 Å². The number of carboxylic acids is 1. The Morgan fingerprint density at radius 1 is 0.955 bits per heavy atom. The first-order chi connectivity index (χ1) is 10.6. The van der Waals surface area contributed by atoms with Crippen molar-refractivity contribution in [3.05, 3.63) is 24.3 Å². The summed E-state index contributed by atoms with van der Waals surface area (Å²) in [5, 5.41) is 28.0. The predicted molar refractivity (Wildman–Crippen MR) is 89.8 cm³/mol. The summed E-state index contributed by atoms with van der Waals surface area (Å²) < 4.78 is 0. The molecule has 0 bridgehead atoms. The fraction of sp³-hybridized carbons (Fsp3) is 0.722. The van der Waals surface area contributed by atoms with Crippen LogP contribution in [0.4, 0.5) is 0 Å². The lowest BCUT2D eigenvalue weighted by Gasteiger charge is -2.06. The first kappa shape index (κ1) is 20.9. The van der Waals surface area contributed by atoms with E-state index in [2.05, 4.69) is 6.92 Å². The maximum absolute atomic E-state index is 10.3. The highest BCUT2D eigenvalue weighted by Gasteiger charge is 2.01. The molecular weight excluding hydrogens is 280 g/mol. The average Bonchev–Trinajstić information content (AvgIpc) is 2.48. The number of hydrogen-bond donors (Lipinski definition) is 3. The maximum Gasteiger partial charge on any atom is 0.303 e. The quantitative estimate of drug-likeness (QED) is 0.336. The highest BCUT2D eigenvalue weighted by atomic mass is 16.4. The number of rotatable bonds is 14. The molecule has 0 fully saturated rings. The number of carbonyl (C=O) groups is 1. The molecule has 0 rings (SSSR count). The second-order valence-electron chi connectivity index (χ2n) is 5.71. The van der Waals surface area contributed by atoms with Crippen molar-refractivity contribution in [1.82, 2.24) is 0 Å². The lowest BCUT2D eigenvalue weighted by Crippen LogP contribution is -2.05. The molecule has 0 aromatic carbocycles. The zero-order chi connectivity index (χ0) is 16.6. The zero-order valence-corrected chi connectivity index (χ0v) is 13.8. The Morgan fingerprint density at radius 2 is 1.68 bits per heavy atom. The van der Waals surface area contributed by atoms with E-state index < -0.39 is 18.2 Å². The van der Waals surface area contributed by atoms with Crippen molar-refractivity contribution in [1.29, 1.82) is 0 Å². The number of allylic oxidation sites excluding steroid dienone is 1. The largest absolute Gasteiger partial charge is 0.481 e. The van der Waals surface area contributed by atoms with Crippen molar-refractivity contribution in [2.45, 2.75) is 83.3 Å². The van der Waals surface area contributed by atoms with Crippen molar-refractivity contribution in [2.75, 3.05) is 0 Å². The summed E-state index contributed by atoms with van der Waals surface area (Å²) in [6.45, 7) is 2.16. The van der Waals surface area contributed by atoms with Crippen LogP contribution in [0.1, 0.15) is 71.1 Å². The van der Waals surface area contributed by atoms with Crippen LogP contribution in [0, 0.1) is 0 Å². The van der Waals surface area contributed by atoms with Gasteiger partial charge in [0.15, 0.2) is 0 Å². The molecule has 0 aliphatic heterocycles. The van der Waals surface area contributed by atoms with Crippen LogP contribution in [0.25, 0.3) is 0 Å². The first-order valence-corrected chi connectivity index (χ1v) is 8.49. The number of carboxylic acid groups (broad SMARTS) is 1. The third-order valence-corrected chi connectivity index (χ3v) is 3.48. The Labute approximate surface area is 134 Å². The van der Waals surface area contributed by atoms with Crippen molar-refractivity contribution >= 4 is 5.97 Å². The topological polar surface area (TPSA) is 77.8 Å². The van der Waals surface area contributed by atoms with Gasteiger partial charge in [-0.05, 0) is 25.7 Å². The molecule has 22 heavy (non-hydrogen) atoms. The van der Waals surface area contributed by atoms with Crippen LogP contribution < -0.4 is 0 Å². The molecule has 3 N–H and O–H groups in total. The summed E-state index contributed by atoms with van der Waals surface area (Å²) in [7, 11) is 0. The SMILES string of the molecule is CCCCC/C=C\C(O)/C=C\C(O)CCCCCCC(=O)O. The molecule has 4 nitrogen and oxygen atoms in total. The molecule has 0 aliphatic rings. The van der Waals surface area contributed by atoms with Crippen LogP contribution >= 0.6 is 0 Å². The lowest BCUT2D eigenvalue weighted by atomic mass is 10.1. The molecule has 2 unspecified atom stereocenters. The number of hydrogen-bond acceptors (Lipinski definition) is 3. The Hall–Kier alpha value is -1.13. The minimum atomic E-state index is -0.750. The van der Waals surface area contributed by atoms with Crippen LogP contribution in [0.5, 0.6) is 0 Å². The Balaban J connectivity index is 3.63. The summed E-state index contributed by atoms with van der Waals surface area (Å²) in [5.41, 5.74) is 0. The molecule has 0 aromatic heterocycles. The van der Waals surface area contributed by atoms with Gasteiger partial charge in [0, 0.05) is 6.42 Å². The maximum atomic E-state index is 10.3. The molecule has 128 valence electrons. The summed E-state index contributed by atoms with van der Waals surface area (Å²) >= 11 is 0. The van der Waals surface area contributed by atoms with Crippen molar-refractivity contribution in [2.24, 2.45) is 0 Å². The molecule has 4 heteroatoms. The number of aliphatic hydroxyl groups excluding tert-OH is 2. The van der Waals surface area contributed by atoms with Crippen LogP contribution in [-0.4, -0.2) is 33.5 Å². The van der Waals surface area contributed by atoms with Crippen molar-refractivity contribution in [3.63, 3.8) is 0 Å². The molecule has 0 saturated carbocycles. The second-order valence-corrected chi connectivity index (χ2v) is 5.71. The number of aliphatic hydroxyl groups is 2. The van der Waals surface area contributed by atoms with Gasteiger partial charge in [-0.2, -0.15) is 0 Å². The van der Waals surface area contributed by atoms with Gasteiger partial charge in [0.05, 0.1) is 12.2 Å². The summed E-state index contributed by atoms with van der Waals surface area (Å²) in [6, 6.07) is 0. The van der Waals surface area contributed by atoms with E-state index in [0.717, 1.165) is 32.1 Å². The van der Waals surface area contributed by atoms with E-state index in [4.69, 9.17) is 5.11 Å². The number of aliphatic carboxylic acids is 1. The normalized spacial score (nSPS) is 14.7. The average molecular weight is 312 g/mol. The Morgan fingerprint density at radius 3 is 2.36 bits per heavy atom. The van der Waals surface area contributed by atoms with E-state index >= 15 is 0 Å². The molecule has 0 heterocycles. The number of unbranched alkanes of at least 4 members (excludes halogenated alkanes) is 6. The molecule has 0 aromatic rings. The highest BCUT2D eigenvalue weighted by molar-refractivity contribution is 5.66. The lowest BCUT2D eigenvalue weighted by molar-refractivity contribution is -0.137. The molecule has 0 aliphatic carbocycles. The van der Waals surface area contributed by atoms with Gasteiger partial charge in [-0.3, -0.25) is 4.79 Å². The van der Waals surface area contributed by atoms with Crippen LogP contribution in [0.2, 0.25) is 0 Å². The van der Waals surface area contributed by atoms with E-state index in [1.54, 1.807) is 18.2 Å². The standard InChI is InChI=1S/C18H32O4/c1-2-3-4-5-8-11-16(19)14-15-17(20)12-9-6-7-10-13-18(21)22/h8,11,14-17,19-20H,2-7,9-10,12-13H2,1H3,(H,21,22)/b11-8-,15-14-. The van der Waals surface area contributed by atoms with Gasteiger partial charge in [0.1, 0.15) is 0 Å². The molecule has 2 atom stereocenters. The summed E-state index contributed by atoms with van der Waals surface area (Å²) in [5.74, 6) is -0.750. The third kappa shape index (κ3) is 15.3. The fourth-order valence-electron chi connectivity index (χ4n) is 2.13. The Kier molecular flexibility index (Phi) is 14.0. The summed E-state index contributed by atoms with van der Waals surface area (Å²) in [4.78, 5) is 10.3.